The maximum absolute atomic E-state index is 12.8. The molecular weight excluding hydrogens is 400 g/mol. The first kappa shape index (κ1) is 19.7. The highest BCUT2D eigenvalue weighted by atomic mass is 32.2. The minimum absolute atomic E-state index is 0.127. The highest BCUT2D eigenvalue weighted by Crippen LogP contribution is 2.24. The second-order valence-electron chi connectivity index (χ2n) is 6.68. The molecule has 4 nitrogen and oxygen atoms in total. The van der Waals surface area contributed by atoms with Crippen LogP contribution in [-0.4, -0.2) is 29.6 Å². The molecule has 0 unspecified atom stereocenters. The molecule has 1 aromatic heterocycles. The quantitative estimate of drug-likeness (QED) is 0.444. The first-order valence-electron chi connectivity index (χ1n) is 9.40. The molecule has 3 aromatic carbocycles. The SMILES string of the molecule is COc1ccc2c(c1)sc(=NC(=O)Cc1cccc3ccccc13)n2CCSC. The van der Waals surface area contributed by atoms with Crippen LogP contribution in [0.15, 0.2) is 65.7 Å². The van der Waals surface area contributed by atoms with E-state index in [1.165, 1.54) is 11.3 Å². The summed E-state index contributed by atoms with van der Waals surface area (Å²) in [5.74, 6) is 1.64. The Bertz CT molecular complexity index is 1240. The van der Waals surface area contributed by atoms with Crippen molar-refractivity contribution in [3.05, 3.63) is 71.0 Å². The fourth-order valence-corrected chi connectivity index (χ4v) is 4.89. The number of carbonyl (C=O) groups is 1. The van der Waals surface area contributed by atoms with Gasteiger partial charge in [0.25, 0.3) is 5.91 Å². The highest BCUT2D eigenvalue weighted by Gasteiger charge is 2.10. The Balaban J connectivity index is 1.73. The molecule has 4 rings (SSSR count). The number of amides is 1. The molecule has 0 aliphatic rings. The summed E-state index contributed by atoms with van der Waals surface area (Å²) in [5.41, 5.74) is 2.09. The lowest BCUT2D eigenvalue weighted by Gasteiger charge is -2.05. The van der Waals surface area contributed by atoms with Crippen LogP contribution in [0.3, 0.4) is 0 Å². The number of thioether (sulfide) groups is 1. The monoisotopic (exact) mass is 422 g/mol. The van der Waals surface area contributed by atoms with Gasteiger partial charge in [0, 0.05) is 12.3 Å². The van der Waals surface area contributed by atoms with Crippen LogP contribution >= 0.6 is 23.1 Å². The zero-order valence-corrected chi connectivity index (χ0v) is 18.1. The van der Waals surface area contributed by atoms with Crippen LogP contribution in [0.2, 0.25) is 0 Å². The minimum atomic E-state index is -0.127. The fraction of sp³-hybridized carbons (Fsp3) is 0.217. The number of hydrogen-bond acceptors (Lipinski definition) is 4. The van der Waals surface area contributed by atoms with Gasteiger partial charge in [-0.3, -0.25) is 4.79 Å². The molecule has 4 aromatic rings. The molecule has 148 valence electrons. The van der Waals surface area contributed by atoms with E-state index >= 15 is 0 Å². The Labute approximate surface area is 177 Å². The third-order valence-corrected chi connectivity index (χ3v) is 6.48. The number of aryl methyl sites for hydroxylation is 1. The number of fused-ring (bicyclic) bond motifs is 2. The summed E-state index contributed by atoms with van der Waals surface area (Å²) in [6.45, 7) is 0.813. The molecule has 0 bridgehead atoms. The summed E-state index contributed by atoms with van der Waals surface area (Å²) in [5, 5.41) is 2.25. The maximum atomic E-state index is 12.8. The standard InChI is InChI=1S/C23H22N2O2S2/c1-27-18-10-11-20-21(15-18)29-23(25(20)12-13-28-2)24-22(26)14-17-8-5-7-16-6-3-4-9-19(16)17/h3-11,15H,12-14H2,1-2H3. The second kappa shape index (κ2) is 8.84. The molecule has 0 spiro atoms. The maximum Gasteiger partial charge on any atom is 0.252 e. The molecular formula is C23H22N2O2S2. The zero-order valence-electron chi connectivity index (χ0n) is 16.4. The minimum Gasteiger partial charge on any atom is -0.497 e. The zero-order chi connectivity index (χ0) is 20.2. The van der Waals surface area contributed by atoms with Gasteiger partial charge in [0.15, 0.2) is 4.80 Å². The van der Waals surface area contributed by atoms with Gasteiger partial charge >= 0.3 is 0 Å². The molecule has 1 heterocycles. The summed E-state index contributed by atoms with van der Waals surface area (Å²) in [4.78, 5) is 18.1. The molecule has 0 N–H and O–H groups in total. The molecule has 0 saturated heterocycles. The summed E-state index contributed by atoms with van der Waals surface area (Å²) in [6.07, 6.45) is 2.38. The first-order valence-corrected chi connectivity index (χ1v) is 11.6. The number of carbonyl (C=O) groups excluding carboxylic acids is 1. The van der Waals surface area contributed by atoms with Crippen molar-refractivity contribution < 1.29 is 9.53 Å². The van der Waals surface area contributed by atoms with E-state index < -0.39 is 0 Å². The first-order chi connectivity index (χ1) is 14.2. The van der Waals surface area contributed by atoms with Crippen molar-refractivity contribution in [2.24, 2.45) is 4.99 Å². The fourth-order valence-electron chi connectivity index (χ4n) is 3.42. The number of hydrogen-bond donors (Lipinski definition) is 0. The number of nitrogens with zero attached hydrogens (tertiary/aromatic N) is 2. The summed E-state index contributed by atoms with van der Waals surface area (Å²) < 4.78 is 8.56. The van der Waals surface area contributed by atoms with E-state index in [0.717, 1.165) is 49.4 Å². The Kier molecular flexibility index (Phi) is 6.02. The molecule has 0 aliphatic heterocycles. The van der Waals surface area contributed by atoms with Crippen LogP contribution in [0.5, 0.6) is 5.75 Å². The van der Waals surface area contributed by atoms with Crippen molar-refractivity contribution >= 4 is 50.0 Å². The molecule has 0 saturated carbocycles. The Morgan fingerprint density at radius 3 is 2.79 bits per heavy atom. The van der Waals surface area contributed by atoms with E-state index in [1.807, 2.05) is 42.5 Å². The van der Waals surface area contributed by atoms with Gasteiger partial charge < -0.3 is 9.30 Å². The second-order valence-corrected chi connectivity index (χ2v) is 8.68. The number of aromatic nitrogens is 1. The smallest absolute Gasteiger partial charge is 0.252 e. The molecule has 0 fully saturated rings. The molecule has 0 atom stereocenters. The van der Waals surface area contributed by atoms with E-state index in [0.29, 0.717) is 6.42 Å². The average Bonchev–Trinajstić information content (AvgIpc) is 3.08. The highest BCUT2D eigenvalue weighted by molar-refractivity contribution is 7.98. The number of ether oxygens (including phenoxy) is 1. The van der Waals surface area contributed by atoms with Crippen LogP contribution < -0.4 is 9.54 Å². The predicted octanol–water partition coefficient (Wildman–Crippen LogP) is 4.90. The third-order valence-electron chi connectivity index (χ3n) is 4.85. The van der Waals surface area contributed by atoms with Crippen molar-refractivity contribution in [1.82, 2.24) is 4.57 Å². The normalized spacial score (nSPS) is 12.0. The van der Waals surface area contributed by atoms with Crippen molar-refractivity contribution in [2.45, 2.75) is 13.0 Å². The van der Waals surface area contributed by atoms with Gasteiger partial charge in [-0.05, 0) is 40.8 Å². The summed E-state index contributed by atoms with van der Waals surface area (Å²) >= 11 is 3.31. The van der Waals surface area contributed by atoms with E-state index in [1.54, 1.807) is 18.9 Å². The Morgan fingerprint density at radius 1 is 1.14 bits per heavy atom. The number of thiazole rings is 1. The third kappa shape index (κ3) is 4.23. The van der Waals surface area contributed by atoms with Crippen LogP contribution in [0.4, 0.5) is 0 Å². The van der Waals surface area contributed by atoms with Crippen LogP contribution in [0, 0.1) is 0 Å². The van der Waals surface area contributed by atoms with Gasteiger partial charge in [0.1, 0.15) is 5.75 Å². The van der Waals surface area contributed by atoms with Crippen LogP contribution in [-0.2, 0) is 17.8 Å². The van der Waals surface area contributed by atoms with Gasteiger partial charge in [0.2, 0.25) is 0 Å². The molecule has 0 aliphatic carbocycles. The van der Waals surface area contributed by atoms with Gasteiger partial charge in [-0.2, -0.15) is 16.8 Å². The molecule has 0 radical (unpaired) electrons. The largest absolute Gasteiger partial charge is 0.497 e. The molecule has 29 heavy (non-hydrogen) atoms. The number of methoxy groups -OCH3 is 1. The lowest BCUT2D eigenvalue weighted by atomic mass is 10.0. The van der Waals surface area contributed by atoms with Gasteiger partial charge in [-0.15, -0.1) is 0 Å². The summed E-state index contributed by atoms with van der Waals surface area (Å²) in [7, 11) is 1.66. The Hall–Kier alpha value is -2.57. The van der Waals surface area contributed by atoms with Crippen LogP contribution in [0.25, 0.3) is 21.0 Å². The van der Waals surface area contributed by atoms with Crippen molar-refractivity contribution in [1.29, 1.82) is 0 Å². The molecule has 6 heteroatoms. The van der Waals surface area contributed by atoms with E-state index in [9.17, 15) is 4.79 Å². The lowest BCUT2D eigenvalue weighted by Crippen LogP contribution is -2.18. The van der Waals surface area contributed by atoms with Crippen molar-refractivity contribution in [3.8, 4) is 5.75 Å². The van der Waals surface area contributed by atoms with Crippen molar-refractivity contribution in [2.75, 3.05) is 19.1 Å². The van der Waals surface area contributed by atoms with Gasteiger partial charge in [-0.25, -0.2) is 0 Å². The van der Waals surface area contributed by atoms with E-state index in [-0.39, 0.29) is 5.91 Å². The summed E-state index contributed by atoms with van der Waals surface area (Å²) in [6, 6.07) is 20.2. The van der Waals surface area contributed by atoms with Crippen LogP contribution in [0.1, 0.15) is 5.56 Å². The lowest BCUT2D eigenvalue weighted by molar-refractivity contribution is -0.117. The number of benzene rings is 3. The average molecular weight is 423 g/mol. The van der Waals surface area contributed by atoms with Crippen molar-refractivity contribution in [3.63, 3.8) is 0 Å². The predicted molar refractivity (Wildman–Crippen MR) is 123 cm³/mol. The van der Waals surface area contributed by atoms with Gasteiger partial charge in [0.05, 0.1) is 23.7 Å². The van der Waals surface area contributed by atoms with E-state index in [4.69, 9.17) is 4.74 Å². The topological polar surface area (TPSA) is 43.6 Å². The Morgan fingerprint density at radius 2 is 1.97 bits per heavy atom. The number of rotatable bonds is 6. The van der Waals surface area contributed by atoms with Gasteiger partial charge in [-0.1, -0.05) is 53.8 Å². The molecule has 1 amide bonds. The van der Waals surface area contributed by atoms with E-state index in [2.05, 4.69) is 34.0 Å².